The van der Waals surface area contributed by atoms with Crippen LogP contribution in [0.5, 0.6) is 0 Å². The standard InChI is InChI=1S/C14H16N2O4/c1-15(2)6-3-7-16-12(17)10-5-4-9(14(19)20)8-11(10)13(16)18/h4-5,8H,3,6-7H2,1-2H3,(H,19,20). The molecule has 1 aromatic carbocycles. The number of carboxylic acids is 1. The molecule has 0 unspecified atom stereocenters. The van der Waals surface area contributed by atoms with Gasteiger partial charge in [0.15, 0.2) is 0 Å². The summed E-state index contributed by atoms with van der Waals surface area (Å²) in [6, 6.07) is 3.87. The molecule has 6 heteroatoms. The summed E-state index contributed by atoms with van der Waals surface area (Å²) >= 11 is 0. The number of carbonyl (C=O) groups is 3. The normalized spacial score (nSPS) is 14.1. The first-order valence-corrected chi connectivity index (χ1v) is 6.42. The predicted octanol–water partition coefficient (Wildman–Crippen LogP) is -1.82. The molecule has 0 bridgehead atoms. The lowest BCUT2D eigenvalue weighted by molar-refractivity contribution is -0.858. The monoisotopic (exact) mass is 276 g/mol. The fourth-order valence-corrected chi connectivity index (χ4v) is 2.21. The van der Waals surface area contributed by atoms with Crippen molar-refractivity contribution in [1.29, 1.82) is 0 Å². The Hall–Kier alpha value is -2.21. The minimum atomic E-state index is -1.36. The molecule has 0 aromatic heterocycles. The molecule has 106 valence electrons. The van der Waals surface area contributed by atoms with E-state index in [0.717, 1.165) is 6.54 Å². The average Bonchev–Trinajstić information content (AvgIpc) is 2.63. The second-order valence-corrected chi connectivity index (χ2v) is 5.12. The van der Waals surface area contributed by atoms with Crippen molar-refractivity contribution < 1.29 is 24.4 Å². The lowest BCUT2D eigenvalue weighted by Gasteiger charge is -2.14. The molecule has 1 aliphatic rings. The van der Waals surface area contributed by atoms with Gasteiger partial charge in [0.2, 0.25) is 0 Å². The Kier molecular flexibility index (Phi) is 3.85. The molecule has 0 aliphatic carbocycles. The molecule has 0 saturated heterocycles. The Morgan fingerprint density at radius 3 is 2.45 bits per heavy atom. The van der Waals surface area contributed by atoms with E-state index in [1.54, 1.807) is 0 Å². The smallest absolute Gasteiger partial charge is 0.261 e. The Bertz CT molecular complexity index is 581. The van der Waals surface area contributed by atoms with Crippen molar-refractivity contribution >= 4 is 17.8 Å². The summed E-state index contributed by atoms with van der Waals surface area (Å²) in [7, 11) is 3.99. The van der Waals surface area contributed by atoms with Crippen molar-refractivity contribution in [3.8, 4) is 0 Å². The van der Waals surface area contributed by atoms with E-state index >= 15 is 0 Å². The molecule has 6 nitrogen and oxygen atoms in total. The molecule has 1 aliphatic heterocycles. The van der Waals surface area contributed by atoms with Gasteiger partial charge in [0, 0.05) is 13.0 Å². The van der Waals surface area contributed by atoms with E-state index < -0.39 is 11.9 Å². The maximum absolute atomic E-state index is 12.1. The number of carboxylic acid groups (broad SMARTS) is 1. The molecule has 1 N–H and O–H groups in total. The van der Waals surface area contributed by atoms with Gasteiger partial charge < -0.3 is 14.8 Å². The van der Waals surface area contributed by atoms with Crippen molar-refractivity contribution in [2.45, 2.75) is 6.42 Å². The number of quaternary nitrogens is 1. The zero-order valence-electron chi connectivity index (χ0n) is 11.4. The summed E-state index contributed by atoms with van der Waals surface area (Å²) in [4.78, 5) is 37.4. The van der Waals surface area contributed by atoms with Crippen LogP contribution in [-0.4, -0.2) is 49.9 Å². The third-order valence-electron chi connectivity index (χ3n) is 3.26. The van der Waals surface area contributed by atoms with Crippen molar-refractivity contribution in [3.63, 3.8) is 0 Å². The number of amides is 2. The fourth-order valence-electron chi connectivity index (χ4n) is 2.21. The molecule has 1 aromatic rings. The predicted molar refractivity (Wildman–Crippen MR) is 68.4 cm³/mol. The molecule has 2 rings (SSSR count). The number of imide groups is 1. The average molecular weight is 276 g/mol. The Morgan fingerprint density at radius 2 is 1.85 bits per heavy atom. The van der Waals surface area contributed by atoms with Gasteiger partial charge in [-0.25, -0.2) is 0 Å². The summed E-state index contributed by atoms with van der Waals surface area (Å²) in [6.45, 7) is 1.19. The molecule has 0 radical (unpaired) electrons. The Morgan fingerprint density at radius 1 is 1.20 bits per heavy atom. The van der Waals surface area contributed by atoms with E-state index in [-0.39, 0.29) is 22.6 Å². The third kappa shape index (κ3) is 2.55. The quantitative estimate of drug-likeness (QED) is 0.642. The van der Waals surface area contributed by atoms with Crippen LogP contribution in [0.4, 0.5) is 0 Å². The number of fused-ring (bicyclic) bond motifs is 1. The van der Waals surface area contributed by atoms with Crippen LogP contribution < -0.4 is 10.0 Å². The number of nitrogens with one attached hydrogen (secondary N) is 1. The van der Waals surface area contributed by atoms with Gasteiger partial charge >= 0.3 is 0 Å². The number of hydrogen-bond acceptors (Lipinski definition) is 4. The highest BCUT2D eigenvalue weighted by Gasteiger charge is 2.35. The zero-order chi connectivity index (χ0) is 14.9. The summed E-state index contributed by atoms with van der Waals surface area (Å²) in [6.07, 6.45) is 0.709. The van der Waals surface area contributed by atoms with Gasteiger partial charge in [-0.1, -0.05) is 6.07 Å². The number of rotatable bonds is 5. The van der Waals surface area contributed by atoms with E-state index in [4.69, 9.17) is 0 Å². The number of nitrogens with zero attached hydrogens (tertiary/aromatic N) is 1. The topological polar surface area (TPSA) is 81.9 Å². The Labute approximate surface area is 116 Å². The van der Waals surface area contributed by atoms with Gasteiger partial charge in [0.25, 0.3) is 11.8 Å². The minimum absolute atomic E-state index is 0.0931. The fraction of sp³-hybridized carbons (Fsp3) is 0.357. The van der Waals surface area contributed by atoms with E-state index in [1.165, 1.54) is 28.0 Å². The Balaban J connectivity index is 2.19. The zero-order valence-corrected chi connectivity index (χ0v) is 11.4. The summed E-state index contributed by atoms with van der Waals surface area (Å²) in [5, 5.41) is 10.8. The maximum atomic E-state index is 12.1. The van der Waals surface area contributed by atoms with Crippen LogP contribution in [0, 0.1) is 0 Å². The first-order valence-electron chi connectivity index (χ1n) is 6.42. The second-order valence-electron chi connectivity index (χ2n) is 5.12. The highest BCUT2D eigenvalue weighted by atomic mass is 16.4. The molecule has 0 saturated carbocycles. The van der Waals surface area contributed by atoms with Crippen LogP contribution in [0.3, 0.4) is 0 Å². The number of hydrogen-bond donors (Lipinski definition) is 1. The highest BCUT2D eigenvalue weighted by molar-refractivity contribution is 6.21. The molecule has 1 heterocycles. The van der Waals surface area contributed by atoms with Crippen molar-refractivity contribution in [2.75, 3.05) is 27.2 Å². The molecule has 0 atom stereocenters. The number of carbonyl (C=O) groups excluding carboxylic acids is 3. The van der Waals surface area contributed by atoms with Gasteiger partial charge in [-0.3, -0.25) is 14.5 Å². The molecule has 0 fully saturated rings. The molecule has 20 heavy (non-hydrogen) atoms. The van der Waals surface area contributed by atoms with Crippen molar-refractivity contribution in [3.05, 3.63) is 34.9 Å². The van der Waals surface area contributed by atoms with Gasteiger partial charge in [-0.2, -0.15) is 0 Å². The third-order valence-corrected chi connectivity index (χ3v) is 3.26. The maximum Gasteiger partial charge on any atom is 0.261 e. The SMILES string of the molecule is C[NH+](C)CCCN1C(=O)c2ccc(C(=O)[O-])cc2C1=O. The molecular formula is C14H16N2O4. The summed E-state index contributed by atoms with van der Waals surface area (Å²) < 4.78 is 0. The summed E-state index contributed by atoms with van der Waals surface area (Å²) in [5.41, 5.74) is 0.315. The number of aromatic carboxylic acids is 1. The van der Waals surface area contributed by atoms with Gasteiger partial charge in [-0.15, -0.1) is 0 Å². The first-order chi connectivity index (χ1) is 9.41. The van der Waals surface area contributed by atoms with Crippen LogP contribution >= 0.6 is 0 Å². The van der Waals surface area contributed by atoms with Crippen molar-refractivity contribution in [2.24, 2.45) is 0 Å². The van der Waals surface area contributed by atoms with E-state index in [9.17, 15) is 19.5 Å². The van der Waals surface area contributed by atoms with Crippen LogP contribution in [0.25, 0.3) is 0 Å². The molecule has 0 spiro atoms. The lowest BCUT2D eigenvalue weighted by Crippen LogP contribution is -3.05. The van der Waals surface area contributed by atoms with Crippen LogP contribution in [0.1, 0.15) is 37.5 Å². The van der Waals surface area contributed by atoms with Gasteiger partial charge in [0.1, 0.15) is 0 Å². The van der Waals surface area contributed by atoms with Gasteiger partial charge in [0.05, 0.1) is 37.7 Å². The first kappa shape index (κ1) is 14.2. The molecular weight excluding hydrogens is 260 g/mol. The highest BCUT2D eigenvalue weighted by Crippen LogP contribution is 2.23. The van der Waals surface area contributed by atoms with Crippen LogP contribution in [0.2, 0.25) is 0 Å². The lowest BCUT2D eigenvalue weighted by atomic mass is 10.1. The summed E-state index contributed by atoms with van der Waals surface area (Å²) in [5.74, 6) is -2.15. The number of benzene rings is 1. The second kappa shape index (κ2) is 5.42. The molecule has 2 amide bonds. The van der Waals surface area contributed by atoms with Crippen LogP contribution in [0.15, 0.2) is 18.2 Å². The van der Waals surface area contributed by atoms with E-state index in [0.29, 0.717) is 13.0 Å². The van der Waals surface area contributed by atoms with Gasteiger partial charge in [-0.05, 0) is 17.7 Å². The van der Waals surface area contributed by atoms with Crippen LogP contribution in [-0.2, 0) is 0 Å². The van der Waals surface area contributed by atoms with Crippen molar-refractivity contribution in [1.82, 2.24) is 4.90 Å². The minimum Gasteiger partial charge on any atom is -0.545 e. The van der Waals surface area contributed by atoms with E-state index in [1.807, 2.05) is 14.1 Å². The largest absolute Gasteiger partial charge is 0.545 e. The van der Waals surface area contributed by atoms with E-state index in [2.05, 4.69) is 0 Å².